The highest BCUT2D eigenvalue weighted by atomic mass is 16.5. The number of piperidine rings is 1. The molecule has 0 unspecified atom stereocenters. The summed E-state index contributed by atoms with van der Waals surface area (Å²) in [7, 11) is 0. The molecular weight excluding hydrogens is 242 g/mol. The van der Waals surface area contributed by atoms with Crippen LogP contribution in [0.5, 0.6) is 0 Å². The van der Waals surface area contributed by atoms with Gasteiger partial charge in [0.2, 0.25) is 0 Å². The molecule has 1 amide bonds. The van der Waals surface area contributed by atoms with E-state index in [1.54, 1.807) is 12.5 Å². The lowest BCUT2D eigenvalue weighted by Gasteiger charge is -2.33. The number of H-pyrrole nitrogens is 1. The molecule has 0 saturated carbocycles. The maximum Gasteiger partial charge on any atom is 0.252 e. The van der Waals surface area contributed by atoms with Gasteiger partial charge in [-0.3, -0.25) is 9.89 Å². The first-order valence-electron chi connectivity index (χ1n) is 6.94. The molecule has 1 aromatic heterocycles. The van der Waals surface area contributed by atoms with E-state index in [2.05, 4.69) is 10.2 Å². The van der Waals surface area contributed by atoms with Crippen molar-refractivity contribution >= 4 is 5.91 Å². The normalized spacial score (nSPS) is 23.7. The van der Waals surface area contributed by atoms with Crippen LogP contribution in [0.1, 0.15) is 37.3 Å². The van der Waals surface area contributed by atoms with Crippen LogP contribution in [0.3, 0.4) is 0 Å². The fourth-order valence-corrected chi connectivity index (χ4v) is 2.83. The summed E-state index contributed by atoms with van der Waals surface area (Å²) in [6.45, 7) is 2.35. The molecule has 0 aromatic carbocycles. The molecule has 1 fully saturated rings. The summed E-state index contributed by atoms with van der Waals surface area (Å²) < 4.78 is 5.27. The van der Waals surface area contributed by atoms with Crippen molar-refractivity contribution in [1.82, 2.24) is 15.1 Å². The van der Waals surface area contributed by atoms with Crippen molar-refractivity contribution in [2.75, 3.05) is 19.7 Å². The van der Waals surface area contributed by atoms with Crippen LogP contribution in [-0.2, 0) is 9.53 Å². The minimum absolute atomic E-state index is 0.143. The molecule has 102 valence electrons. The molecule has 1 aromatic rings. The highest BCUT2D eigenvalue weighted by Gasteiger charge is 2.27. The summed E-state index contributed by atoms with van der Waals surface area (Å²) in [6, 6.07) is 2.00. The van der Waals surface area contributed by atoms with E-state index >= 15 is 0 Å². The quantitative estimate of drug-likeness (QED) is 0.883. The summed E-state index contributed by atoms with van der Waals surface area (Å²) in [6.07, 6.45) is 7.35. The van der Waals surface area contributed by atoms with E-state index < -0.39 is 0 Å². The first-order chi connectivity index (χ1) is 9.34. The van der Waals surface area contributed by atoms with E-state index in [0.29, 0.717) is 5.92 Å². The highest BCUT2D eigenvalue weighted by molar-refractivity contribution is 5.93. The van der Waals surface area contributed by atoms with Crippen molar-refractivity contribution in [3.63, 3.8) is 0 Å². The Morgan fingerprint density at radius 3 is 3.16 bits per heavy atom. The van der Waals surface area contributed by atoms with Gasteiger partial charge in [-0.2, -0.15) is 5.10 Å². The van der Waals surface area contributed by atoms with Crippen LogP contribution in [0.2, 0.25) is 0 Å². The van der Waals surface area contributed by atoms with Gasteiger partial charge in [-0.25, -0.2) is 0 Å². The van der Waals surface area contributed by atoms with Crippen molar-refractivity contribution < 1.29 is 9.53 Å². The van der Waals surface area contributed by atoms with E-state index in [9.17, 15) is 4.79 Å². The minimum atomic E-state index is 0.143. The second-order valence-corrected chi connectivity index (χ2v) is 5.22. The number of rotatable bonds is 2. The first kappa shape index (κ1) is 12.3. The van der Waals surface area contributed by atoms with Gasteiger partial charge in [-0.05, 0) is 31.7 Å². The Bertz CT molecular complexity index is 467. The summed E-state index contributed by atoms with van der Waals surface area (Å²) in [4.78, 5) is 14.4. The smallest absolute Gasteiger partial charge is 0.252 e. The predicted molar refractivity (Wildman–Crippen MR) is 70.4 cm³/mol. The lowest BCUT2D eigenvalue weighted by Crippen LogP contribution is -2.40. The molecule has 2 aliphatic heterocycles. The fraction of sp³-hybridized carbons (Fsp3) is 0.571. The molecule has 5 heteroatoms. The Kier molecular flexibility index (Phi) is 3.53. The molecule has 3 heterocycles. The highest BCUT2D eigenvalue weighted by Crippen LogP contribution is 2.27. The van der Waals surface area contributed by atoms with Gasteiger partial charge in [-0.1, -0.05) is 0 Å². The van der Waals surface area contributed by atoms with Crippen molar-refractivity contribution in [3.05, 3.63) is 29.8 Å². The van der Waals surface area contributed by atoms with Crippen molar-refractivity contribution in [2.24, 2.45) is 0 Å². The molecule has 5 nitrogen and oxygen atoms in total. The number of hydrogen-bond acceptors (Lipinski definition) is 3. The Labute approximate surface area is 112 Å². The summed E-state index contributed by atoms with van der Waals surface area (Å²) in [5.74, 6) is 0.522. The number of aromatic nitrogens is 2. The lowest BCUT2D eigenvalue weighted by molar-refractivity contribution is -0.128. The van der Waals surface area contributed by atoms with E-state index in [4.69, 9.17) is 4.74 Å². The number of likely N-dealkylation sites (tertiary alicyclic amines) is 1. The number of carbonyl (C=O) groups excluding carboxylic acids is 1. The van der Waals surface area contributed by atoms with Crippen LogP contribution in [0.15, 0.2) is 24.1 Å². The number of hydrogen-bond donors (Lipinski definition) is 1. The SMILES string of the molecule is O=C(C1=COCCC1)N1CCC[C@H](c2ccn[nH]2)C1. The Hall–Kier alpha value is -1.78. The number of nitrogens with zero attached hydrogens (tertiary/aromatic N) is 2. The number of aromatic amines is 1. The van der Waals surface area contributed by atoms with Gasteiger partial charge in [0.15, 0.2) is 0 Å². The third-order valence-corrected chi connectivity index (χ3v) is 3.88. The summed E-state index contributed by atoms with van der Waals surface area (Å²) >= 11 is 0. The molecule has 1 saturated heterocycles. The minimum Gasteiger partial charge on any atom is -0.501 e. The predicted octanol–water partition coefficient (Wildman–Crippen LogP) is 1.81. The largest absolute Gasteiger partial charge is 0.501 e. The van der Waals surface area contributed by atoms with Crippen LogP contribution in [0, 0.1) is 0 Å². The summed E-state index contributed by atoms with van der Waals surface area (Å²) in [5, 5.41) is 7.02. The molecule has 2 aliphatic rings. The molecular formula is C14H19N3O2. The van der Waals surface area contributed by atoms with E-state index in [1.165, 1.54) is 0 Å². The van der Waals surface area contributed by atoms with Gasteiger partial charge in [0.05, 0.1) is 18.4 Å². The van der Waals surface area contributed by atoms with E-state index in [0.717, 1.165) is 56.6 Å². The van der Waals surface area contributed by atoms with Crippen LogP contribution < -0.4 is 0 Å². The third kappa shape index (κ3) is 2.64. The second-order valence-electron chi connectivity index (χ2n) is 5.22. The van der Waals surface area contributed by atoms with Gasteiger partial charge >= 0.3 is 0 Å². The van der Waals surface area contributed by atoms with Crippen LogP contribution in [0.25, 0.3) is 0 Å². The molecule has 0 bridgehead atoms. The number of nitrogens with one attached hydrogen (secondary N) is 1. The maximum absolute atomic E-state index is 12.4. The second kappa shape index (κ2) is 5.47. The van der Waals surface area contributed by atoms with Gasteiger partial charge < -0.3 is 9.64 Å². The van der Waals surface area contributed by atoms with Gasteiger partial charge in [-0.15, -0.1) is 0 Å². The maximum atomic E-state index is 12.4. The monoisotopic (exact) mass is 261 g/mol. The first-order valence-corrected chi connectivity index (χ1v) is 6.94. The molecule has 3 rings (SSSR count). The fourth-order valence-electron chi connectivity index (χ4n) is 2.83. The zero-order valence-electron chi connectivity index (χ0n) is 11.0. The zero-order chi connectivity index (χ0) is 13.1. The molecule has 1 atom stereocenters. The Morgan fingerprint density at radius 2 is 2.42 bits per heavy atom. The standard InChI is InChI=1S/C14H19N3O2/c18-14(12-4-2-8-19-10-12)17-7-1-3-11(9-17)13-5-6-15-16-13/h5-6,10-11H,1-4,7-9H2,(H,15,16)/t11-/m0/s1. The molecule has 0 spiro atoms. The molecule has 1 N–H and O–H groups in total. The molecule has 0 radical (unpaired) electrons. The van der Waals surface area contributed by atoms with Gasteiger partial charge in [0.25, 0.3) is 5.91 Å². The van der Waals surface area contributed by atoms with Crippen molar-refractivity contribution in [1.29, 1.82) is 0 Å². The average molecular weight is 261 g/mol. The summed E-state index contributed by atoms with van der Waals surface area (Å²) in [5.41, 5.74) is 1.95. The van der Waals surface area contributed by atoms with Crippen LogP contribution in [-0.4, -0.2) is 40.7 Å². The topological polar surface area (TPSA) is 58.2 Å². The van der Waals surface area contributed by atoms with Crippen molar-refractivity contribution in [2.45, 2.75) is 31.6 Å². The third-order valence-electron chi connectivity index (χ3n) is 3.88. The Morgan fingerprint density at radius 1 is 1.47 bits per heavy atom. The average Bonchev–Trinajstić information content (AvgIpc) is 3.02. The van der Waals surface area contributed by atoms with E-state index in [-0.39, 0.29) is 5.91 Å². The lowest BCUT2D eigenvalue weighted by atomic mass is 9.94. The van der Waals surface area contributed by atoms with Crippen LogP contribution in [0.4, 0.5) is 0 Å². The number of amides is 1. The molecule has 19 heavy (non-hydrogen) atoms. The van der Waals surface area contributed by atoms with Crippen LogP contribution >= 0.6 is 0 Å². The number of carbonyl (C=O) groups is 1. The Balaban J connectivity index is 1.68. The van der Waals surface area contributed by atoms with Crippen molar-refractivity contribution in [3.8, 4) is 0 Å². The molecule has 0 aliphatic carbocycles. The van der Waals surface area contributed by atoms with Gasteiger partial charge in [0, 0.05) is 30.9 Å². The number of ether oxygens (including phenoxy) is 1. The van der Waals surface area contributed by atoms with Gasteiger partial charge in [0.1, 0.15) is 0 Å². The van der Waals surface area contributed by atoms with E-state index in [1.807, 2.05) is 11.0 Å². The zero-order valence-corrected chi connectivity index (χ0v) is 11.0.